The van der Waals surface area contributed by atoms with Gasteiger partial charge in [0.2, 0.25) is 0 Å². The minimum atomic E-state index is 0.230. The molecular formula is C23H33N7. The van der Waals surface area contributed by atoms with Crippen LogP contribution in [0.1, 0.15) is 42.1 Å². The number of aliphatic imine (C=N–C) groups is 1. The third kappa shape index (κ3) is 5.09. The van der Waals surface area contributed by atoms with E-state index in [9.17, 15) is 0 Å². The number of para-hydroxylation sites is 1. The van der Waals surface area contributed by atoms with Crippen molar-refractivity contribution in [3.05, 3.63) is 64.7 Å². The van der Waals surface area contributed by atoms with Crippen molar-refractivity contribution < 1.29 is 0 Å². The van der Waals surface area contributed by atoms with Crippen LogP contribution in [0.25, 0.3) is 5.69 Å². The first-order valence-corrected chi connectivity index (χ1v) is 10.5. The second-order valence-electron chi connectivity index (χ2n) is 7.75. The number of nitrogens with one attached hydrogen (secondary N) is 2. The Balaban J connectivity index is 1.74. The molecule has 0 aliphatic rings. The van der Waals surface area contributed by atoms with Gasteiger partial charge < -0.3 is 10.6 Å². The highest BCUT2D eigenvalue weighted by Crippen LogP contribution is 2.16. The second-order valence-corrected chi connectivity index (χ2v) is 7.75. The highest BCUT2D eigenvalue weighted by Gasteiger charge is 2.14. The molecule has 0 saturated heterocycles. The topological polar surface area (TPSA) is 72.1 Å². The summed E-state index contributed by atoms with van der Waals surface area (Å²) in [6.07, 6.45) is 2.89. The molecule has 3 aromatic rings. The standard InChI is InChI=1S/C23H33N7/c1-7-24-23(26-17(3)14-21-18(4)28-29(6)19(21)5)25-15-20-10-8-9-11-22(20)30-13-12-16(2)27-30/h8-13,17H,7,14-15H2,1-6H3,(H2,24,25,26). The molecule has 0 amide bonds. The lowest BCUT2D eigenvalue weighted by Crippen LogP contribution is -2.43. The molecule has 160 valence electrons. The van der Waals surface area contributed by atoms with Gasteiger partial charge in [-0.2, -0.15) is 10.2 Å². The molecule has 2 aromatic heterocycles. The zero-order valence-electron chi connectivity index (χ0n) is 18.9. The molecule has 0 spiro atoms. The van der Waals surface area contributed by atoms with E-state index in [1.807, 2.05) is 47.7 Å². The van der Waals surface area contributed by atoms with Crippen molar-refractivity contribution in [2.24, 2.45) is 12.0 Å². The van der Waals surface area contributed by atoms with Crippen LogP contribution in [0.4, 0.5) is 0 Å². The summed E-state index contributed by atoms with van der Waals surface area (Å²) in [5, 5.41) is 16.0. The molecule has 0 radical (unpaired) electrons. The first-order valence-electron chi connectivity index (χ1n) is 10.5. The smallest absolute Gasteiger partial charge is 0.191 e. The largest absolute Gasteiger partial charge is 0.357 e. The lowest BCUT2D eigenvalue weighted by atomic mass is 10.1. The van der Waals surface area contributed by atoms with Gasteiger partial charge in [0.15, 0.2) is 5.96 Å². The summed E-state index contributed by atoms with van der Waals surface area (Å²) in [6, 6.07) is 10.5. The van der Waals surface area contributed by atoms with Crippen molar-refractivity contribution in [1.29, 1.82) is 0 Å². The Morgan fingerprint density at radius 2 is 1.90 bits per heavy atom. The number of aromatic nitrogens is 4. The fourth-order valence-electron chi connectivity index (χ4n) is 3.61. The number of rotatable bonds is 7. The predicted molar refractivity (Wildman–Crippen MR) is 122 cm³/mol. The summed E-state index contributed by atoms with van der Waals surface area (Å²) in [4.78, 5) is 4.84. The number of hydrogen-bond acceptors (Lipinski definition) is 3. The summed E-state index contributed by atoms with van der Waals surface area (Å²) in [5.74, 6) is 0.815. The fourth-order valence-corrected chi connectivity index (χ4v) is 3.61. The van der Waals surface area contributed by atoms with Crippen LogP contribution in [0.3, 0.4) is 0 Å². The van der Waals surface area contributed by atoms with E-state index in [1.165, 1.54) is 11.3 Å². The average Bonchev–Trinajstić information content (AvgIpc) is 3.25. The Bertz CT molecular complexity index is 1010. The van der Waals surface area contributed by atoms with Crippen molar-refractivity contribution >= 4 is 5.96 Å². The number of hydrogen-bond donors (Lipinski definition) is 2. The maximum Gasteiger partial charge on any atom is 0.191 e. The predicted octanol–water partition coefficient (Wildman–Crippen LogP) is 3.22. The Labute approximate surface area is 179 Å². The van der Waals surface area contributed by atoms with Crippen molar-refractivity contribution in [3.63, 3.8) is 0 Å². The van der Waals surface area contributed by atoms with Crippen molar-refractivity contribution in [2.75, 3.05) is 6.54 Å². The van der Waals surface area contributed by atoms with Crippen molar-refractivity contribution in [1.82, 2.24) is 30.2 Å². The van der Waals surface area contributed by atoms with Gasteiger partial charge in [0.25, 0.3) is 0 Å². The van der Waals surface area contributed by atoms with Gasteiger partial charge in [0.05, 0.1) is 23.6 Å². The minimum absolute atomic E-state index is 0.230. The van der Waals surface area contributed by atoms with Gasteiger partial charge in [-0.05, 0) is 64.3 Å². The van der Waals surface area contributed by atoms with Gasteiger partial charge in [-0.25, -0.2) is 9.67 Å². The zero-order valence-corrected chi connectivity index (χ0v) is 18.9. The van der Waals surface area contributed by atoms with E-state index in [2.05, 4.69) is 60.7 Å². The molecule has 7 heteroatoms. The van der Waals surface area contributed by atoms with Crippen LogP contribution < -0.4 is 10.6 Å². The first-order chi connectivity index (χ1) is 14.4. The van der Waals surface area contributed by atoms with Gasteiger partial charge in [0, 0.05) is 31.5 Å². The first kappa shape index (κ1) is 21.6. The average molecular weight is 408 g/mol. The third-order valence-electron chi connectivity index (χ3n) is 5.26. The Morgan fingerprint density at radius 1 is 1.13 bits per heavy atom. The van der Waals surface area contributed by atoms with E-state index >= 15 is 0 Å². The molecule has 30 heavy (non-hydrogen) atoms. The van der Waals surface area contributed by atoms with Gasteiger partial charge in [-0.1, -0.05) is 18.2 Å². The van der Waals surface area contributed by atoms with Crippen LogP contribution in [0.15, 0.2) is 41.5 Å². The molecule has 1 unspecified atom stereocenters. The molecule has 2 heterocycles. The summed E-state index contributed by atoms with van der Waals surface area (Å²) in [5.41, 5.74) is 6.79. The molecule has 3 rings (SSSR count). The Morgan fingerprint density at radius 3 is 2.53 bits per heavy atom. The lowest BCUT2D eigenvalue weighted by Gasteiger charge is -2.18. The quantitative estimate of drug-likeness (QED) is 0.466. The maximum atomic E-state index is 4.84. The lowest BCUT2D eigenvalue weighted by molar-refractivity contribution is 0.635. The third-order valence-corrected chi connectivity index (χ3v) is 5.26. The molecule has 0 saturated carbocycles. The van der Waals surface area contributed by atoms with Gasteiger partial charge in [-0.15, -0.1) is 0 Å². The Hall–Kier alpha value is -3.09. The second kappa shape index (κ2) is 9.61. The van der Waals surface area contributed by atoms with E-state index in [1.54, 1.807) is 0 Å². The molecule has 1 aromatic carbocycles. The zero-order chi connectivity index (χ0) is 21.7. The van der Waals surface area contributed by atoms with E-state index < -0.39 is 0 Å². The van der Waals surface area contributed by atoms with Crippen LogP contribution in [0, 0.1) is 20.8 Å². The highest BCUT2D eigenvalue weighted by molar-refractivity contribution is 5.80. The molecule has 0 bridgehead atoms. The monoisotopic (exact) mass is 407 g/mol. The number of guanidine groups is 1. The van der Waals surface area contributed by atoms with Crippen molar-refractivity contribution in [3.8, 4) is 5.69 Å². The highest BCUT2D eigenvalue weighted by atomic mass is 15.3. The van der Waals surface area contributed by atoms with Gasteiger partial charge in [0.1, 0.15) is 0 Å². The number of aryl methyl sites for hydroxylation is 3. The number of nitrogens with zero attached hydrogens (tertiary/aromatic N) is 5. The molecule has 0 aliphatic heterocycles. The summed E-state index contributed by atoms with van der Waals surface area (Å²) in [6.45, 7) is 11.8. The summed E-state index contributed by atoms with van der Waals surface area (Å²) >= 11 is 0. The normalized spacial score (nSPS) is 12.8. The minimum Gasteiger partial charge on any atom is -0.357 e. The fraction of sp³-hybridized carbons (Fsp3) is 0.435. The van der Waals surface area contributed by atoms with Crippen LogP contribution in [-0.2, 0) is 20.0 Å². The molecule has 0 aliphatic carbocycles. The van der Waals surface area contributed by atoms with Crippen LogP contribution in [-0.4, -0.2) is 38.1 Å². The molecular weight excluding hydrogens is 374 g/mol. The molecule has 0 fully saturated rings. The molecule has 2 N–H and O–H groups in total. The van der Waals surface area contributed by atoms with Crippen LogP contribution in [0.5, 0.6) is 0 Å². The Kier molecular flexibility index (Phi) is 6.92. The van der Waals surface area contributed by atoms with E-state index in [-0.39, 0.29) is 6.04 Å². The SMILES string of the molecule is CCNC(=NCc1ccccc1-n1ccc(C)n1)NC(C)Cc1c(C)nn(C)c1C. The van der Waals surface area contributed by atoms with Crippen LogP contribution >= 0.6 is 0 Å². The van der Waals surface area contributed by atoms with E-state index in [0.717, 1.165) is 41.6 Å². The molecule has 7 nitrogen and oxygen atoms in total. The van der Waals surface area contributed by atoms with Gasteiger partial charge >= 0.3 is 0 Å². The summed E-state index contributed by atoms with van der Waals surface area (Å²) in [7, 11) is 1.99. The maximum absolute atomic E-state index is 4.84. The summed E-state index contributed by atoms with van der Waals surface area (Å²) < 4.78 is 3.86. The number of benzene rings is 1. The van der Waals surface area contributed by atoms with Gasteiger partial charge in [-0.3, -0.25) is 4.68 Å². The molecule has 1 atom stereocenters. The van der Waals surface area contributed by atoms with E-state index in [4.69, 9.17) is 4.99 Å². The van der Waals surface area contributed by atoms with Crippen molar-refractivity contribution in [2.45, 2.75) is 53.6 Å². The van der Waals surface area contributed by atoms with Crippen LogP contribution in [0.2, 0.25) is 0 Å². The van der Waals surface area contributed by atoms with E-state index in [0.29, 0.717) is 6.54 Å².